The van der Waals surface area contributed by atoms with Gasteiger partial charge in [-0.15, -0.1) is 0 Å². The second kappa shape index (κ2) is 5.45. The molecule has 1 N–H and O–H groups in total. The Morgan fingerprint density at radius 3 is 2.62 bits per heavy atom. The van der Waals surface area contributed by atoms with E-state index in [1.165, 1.54) is 0 Å². The zero-order valence-corrected chi connectivity index (χ0v) is 11.8. The molecule has 3 heterocycles. The number of halogens is 1. The maximum Gasteiger partial charge on any atom is 0.414 e. The number of carbonyl (C=O) groups is 2. The molecule has 1 aromatic heterocycles. The van der Waals surface area contributed by atoms with Gasteiger partial charge in [0.2, 0.25) is 5.28 Å². The van der Waals surface area contributed by atoms with Crippen LogP contribution in [0.25, 0.3) is 0 Å². The summed E-state index contributed by atoms with van der Waals surface area (Å²) in [6.45, 7) is 2.55. The lowest BCUT2D eigenvalue weighted by molar-refractivity contribution is 0.0720. The number of hydrogen-bond donors (Lipinski definition) is 1. The molecule has 0 atom stereocenters. The van der Waals surface area contributed by atoms with Crippen LogP contribution in [0, 0.1) is 0 Å². The summed E-state index contributed by atoms with van der Waals surface area (Å²) in [5.41, 5.74) is 0.731. The Kier molecular flexibility index (Phi) is 3.64. The highest BCUT2D eigenvalue weighted by Crippen LogP contribution is 2.28. The van der Waals surface area contributed by atoms with Gasteiger partial charge in [0.1, 0.15) is 11.5 Å². The fourth-order valence-electron chi connectivity index (χ4n) is 2.52. The van der Waals surface area contributed by atoms with Gasteiger partial charge in [-0.1, -0.05) is 0 Å². The van der Waals surface area contributed by atoms with Crippen LogP contribution in [-0.4, -0.2) is 64.8 Å². The lowest BCUT2D eigenvalue weighted by Crippen LogP contribution is -2.44. The average molecular weight is 313 g/mol. The van der Waals surface area contributed by atoms with Crippen molar-refractivity contribution in [2.75, 3.05) is 37.7 Å². The number of aromatic nitrogens is 2. The van der Waals surface area contributed by atoms with Crippen LogP contribution in [0.2, 0.25) is 5.28 Å². The molecule has 21 heavy (non-hydrogen) atoms. The molecule has 112 valence electrons. The summed E-state index contributed by atoms with van der Waals surface area (Å²) in [6, 6.07) is 0. The summed E-state index contributed by atoms with van der Waals surface area (Å²) < 4.78 is 5.29. The second-order valence-electron chi connectivity index (χ2n) is 4.73. The van der Waals surface area contributed by atoms with E-state index in [1.807, 2.05) is 4.90 Å². The average Bonchev–Trinajstić information content (AvgIpc) is 2.48. The third-order valence-electron chi connectivity index (χ3n) is 3.53. The highest BCUT2D eigenvalue weighted by Gasteiger charge is 2.34. The highest BCUT2D eigenvalue weighted by molar-refractivity contribution is 6.28. The monoisotopic (exact) mass is 312 g/mol. The Morgan fingerprint density at radius 2 is 1.95 bits per heavy atom. The number of carbonyl (C=O) groups excluding carboxylic acids is 1. The molecule has 8 nitrogen and oxygen atoms in total. The quantitative estimate of drug-likeness (QED) is 0.760. The molecule has 0 aromatic carbocycles. The first-order valence-electron chi connectivity index (χ1n) is 6.52. The zero-order valence-electron chi connectivity index (χ0n) is 11.1. The summed E-state index contributed by atoms with van der Waals surface area (Å²) >= 11 is 5.90. The molecule has 1 saturated heterocycles. The zero-order chi connectivity index (χ0) is 15.0. The number of ether oxygens (including phenoxy) is 1. The first-order valence-corrected chi connectivity index (χ1v) is 6.89. The molecule has 2 aliphatic heterocycles. The van der Waals surface area contributed by atoms with Gasteiger partial charge in [0.05, 0.1) is 13.2 Å². The lowest BCUT2D eigenvalue weighted by atomic mass is 10.0. The van der Waals surface area contributed by atoms with Crippen LogP contribution in [-0.2, 0) is 11.2 Å². The smallest absolute Gasteiger partial charge is 0.414 e. The van der Waals surface area contributed by atoms with Crippen LogP contribution < -0.4 is 4.90 Å². The van der Waals surface area contributed by atoms with Crippen molar-refractivity contribution in [2.45, 2.75) is 6.42 Å². The molecule has 9 heteroatoms. The van der Waals surface area contributed by atoms with Gasteiger partial charge in [0.15, 0.2) is 0 Å². The fourth-order valence-corrected chi connectivity index (χ4v) is 2.69. The van der Waals surface area contributed by atoms with Crippen LogP contribution in [0.3, 0.4) is 0 Å². The van der Waals surface area contributed by atoms with Crippen LogP contribution in [0.15, 0.2) is 0 Å². The van der Waals surface area contributed by atoms with Gasteiger partial charge in [-0.25, -0.2) is 19.7 Å². The molecular weight excluding hydrogens is 300 g/mol. The SMILES string of the molecule is O=C(O)N1CCc2c(nc(Cl)nc2N2CCOCC2)C1=O. The van der Waals surface area contributed by atoms with Gasteiger partial charge in [-0.2, -0.15) is 0 Å². The maximum absolute atomic E-state index is 12.2. The third-order valence-corrected chi connectivity index (χ3v) is 3.70. The van der Waals surface area contributed by atoms with Crippen LogP contribution in [0.4, 0.5) is 10.6 Å². The van der Waals surface area contributed by atoms with Crippen molar-refractivity contribution in [3.05, 3.63) is 16.5 Å². The van der Waals surface area contributed by atoms with Crippen LogP contribution in [0.5, 0.6) is 0 Å². The number of amides is 2. The first-order chi connectivity index (χ1) is 10.1. The number of imide groups is 1. The van der Waals surface area contributed by atoms with E-state index >= 15 is 0 Å². The Hall–Kier alpha value is -1.93. The van der Waals surface area contributed by atoms with E-state index in [-0.39, 0.29) is 17.5 Å². The van der Waals surface area contributed by atoms with E-state index in [0.717, 1.165) is 4.90 Å². The predicted octanol–water partition coefficient (Wildman–Crippen LogP) is 0.643. The Labute approximate surface area is 125 Å². The van der Waals surface area contributed by atoms with Crippen molar-refractivity contribution in [2.24, 2.45) is 0 Å². The van der Waals surface area contributed by atoms with Crippen molar-refractivity contribution in [3.63, 3.8) is 0 Å². The molecule has 0 saturated carbocycles. The van der Waals surface area contributed by atoms with Gasteiger partial charge in [0.25, 0.3) is 5.91 Å². The topological polar surface area (TPSA) is 95.9 Å². The number of hydrogen-bond acceptors (Lipinski definition) is 6. The van der Waals surface area contributed by atoms with E-state index in [0.29, 0.717) is 44.1 Å². The Morgan fingerprint density at radius 1 is 1.24 bits per heavy atom. The third kappa shape index (κ3) is 2.52. The molecule has 2 amide bonds. The molecule has 1 fully saturated rings. The number of rotatable bonds is 1. The molecule has 0 radical (unpaired) electrons. The van der Waals surface area contributed by atoms with Crippen molar-refractivity contribution in [1.29, 1.82) is 0 Å². The standard InChI is InChI=1S/C12H13ClN4O4/c13-11-14-8-7(1-2-17(10(8)18)12(19)20)9(15-11)16-3-5-21-6-4-16/h1-6H2,(H,19,20). The number of morpholine rings is 1. The molecule has 0 unspecified atom stereocenters. The number of carboxylic acid groups (broad SMARTS) is 1. The van der Waals surface area contributed by atoms with Gasteiger partial charge in [-0.3, -0.25) is 4.79 Å². The summed E-state index contributed by atoms with van der Waals surface area (Å²) in [4.78, 5) is 34.1. The van der Waals surface area contributed by atoms with E-state index < -0.39 is 12.0 Å². The van der Waals surface area contributed by atoms with E-state index in [1.54, 1.807) is 0 Å². The predicted molar refractivity (Wildman–Crippen MR) is 72.8 cm³/mol. The minimum Gasteiger partial charge on any atom is -0.465 e. The number of fused-ring (bicyclic) bond motifs is 1. The Balaban J connectivity index is 2.03. The number of nitrogens with zero attached hydrogens (tertiary/aromatic N) is 4. The van der Waals surface area contributed by atoms with Crippen LogP contribution in [0.1, 0.15) is 16.1 Å². The molecule has 1 aromatic rings. The first kappa shape index (κ1) is 14.0. The van der Waals surface area contributed by atoms with Crippen molar-refractivity contribution >= 4 is 29.4 Å². The molecule has 0 spiro atoms. The Bertz CT molecular complexity index is 603. The van der Waals surface area contributed by atoms with Crippen molar-refractivity contribution in [3.8, 4) is 0 Å². The van der Waals surface area contributed by atoms with E-state index in [4.69, 9.17) is 21.4 Å². The molecule has 3 rings (SSSR count). The van der Waals surface area contributed by atoms with Gasteiger partial charge in [0, 0.05) is 25.2 Å². The normalized spacial score (nSPS) is 18.6. The van der Waals surface area contributed by atoms with Crippen molar-refractivity contribution in [1.82, 2.24) is 14.9 Å². The summed E-state index contributed by atoms with van der Waals surface area (Å²) in [6.07, 6.45) is -0.898. The van der Waals surface area contributed by atoms with Crippen LogP contribution >= 0.6 is 11.6 Å². The molecule has 0 bridgehead atoms. The molecule has 2 aliphatic rings. The second-order valence-corrected chi connectivity index (χ2v) is 5.07. The highest BCUT2D eigenvalue weighted by atomic mass is 35.5. The van der Waals surface area contributed by atoms with Gasteiger partial charge >= 0.3 is 6.09 Å². The minimum absolute atomic E-state index is 0.0594. The molecule has 0 aliphatic carbocycles. The minimum atomic E-state index is -1.28. The van der Waals surface area contributed by atoms with E-state index in [9.17, 15) is 9.59 Å². The van der Waals surface area contributed by atoms with E-state index in [2.05, 4.69) is 9.97 Å². The van der Waals surface area contributed by atoms with Crippen molar-refractivity contribution < 1.29 is 19.4 Å². The van der Waals surface area contributed by atoms with Gasteiger partial charge in [-0.05, 0) is 18.0 Å². The summed E-state index contributed by atoms with van der Waals surface area (Å²) in [7, 11) is 0. The number of anilines is 1. The fraction of sp³-hybridized carbons (Fsp3) is 0.500. The maximum atomic E-state index is 12.2. The summed E-state index contributed by atoms with van der Waals surface area (Å²) in [5.74, 6) is -0.0470. The largest absolute Gasteiger partial charge is 0.465 e. The van der Waals surface area contributed by atoms with Gasteiger partial charge < -0.3 is 14.7 Å². The molecular formula is C12H13ClN4O4. The lowest BCUT2D eigenvalue weighted by Gasteiger charge is -2.32. The summed E-state index contributed by atoms with van der Waals surface area (Å²) in [5, 5.41) is 8.96.